The van der Waals surface area contributed by atoms with E-state index >= 15 is 0 Å². The van der Waals surface area contributed by atoms with Crippen LogP contribution in [0.3, 0.4) is 0 Å². The Morgan fingerprint density at radius 2 is 2.19 bits per heavy atom. The number of ether oxygens (including phenoxy) is 2. The van der Waals surface area contributed by atoms with Crippen LogP contribution in [0, 0.1) is 5.82 Å². The first-order chi connectivity index (χ1) is 10.2. The molecule has 1 aromatic heterocycles. The van der Waals surface area contributed by atoms with Gasteiger partial charge in [0, 0.05) is 33.3 Å². The summed E-state index contributed by atoms with van der Waals surface area (Å²) in [6.45, 7) is 2.14. The van der Waals surface area contributed by atoms with Crippen LogP contribution in [-0.2, 0) is 24.9 Å². The maximum Gasteiger partial charge on any atom is 0.134 e. The van der Waals surface area contributed by atoms with Crippen molar-refractivity contribution in [3.8, 4) is 5.75 Å². The fraction of sp³-hybridized carbons (Fsp3) is 0.429. The molecule has 2 aromatic rings. The van der Waals surface area contributed by atoms with Gasteiger partial charge in [0.2, 0.25) is 0 Å². The second-order valence-corrected chi connectivity index (χ2v) is 4.64. The largest absolute Gasteiger partial charge is 0.487 e. The van der Waals surface area contributed by atoms with Gasteiger partial charge >= 0.3 is 0 Å². The van der Waals surface area contributed by atoms with Crippen LogP contribution in [0.15, 0.2) is 24.4 Å². The van der Waals surface area contributed by atoms with E-state index in [1.165, 1.54) is 12.1 Å². The lowest BCUT2D eigenvalue weighted by Crippen LogP contribution is -2.18. The van der Waals surface area contributed by atoms with Crippen molar-refractivity contribution in [3.63, 3.8) is 0 Å². The number of rotatable bonds is 8. The molecule has 0 aliphatic heterocycles. The standard InChI is InChI=1S/C14H19FN4O2/c1-19-9-13(17-18-19)10-21-14-6-11(5-12(15)7-14)8-16-3-4-20-2/h5-7,9,16H,3-4,8,10H2,1-2H3. The number of hydrogen-bond donors (Lipinski definition) is 1. The monoisotopic (exact) mass is 294 g/mol. The van der Waals surface area contributed by atoms with Crippen molar-refractivity contribution >= 4 is 0 Å². The van der Waals surface area contributed by atoms with Crippen molar-refractivity contribution in [2.75, 3.05) is 20.3 Å². The number of methoxy groups -OCH3 is 1. The SMILES string of the molecule is COCCNCc1cc(F)cc(OCc2cn(C)nn2)c1. The molecule has 0 atom stereocenters. The summed E-state index contributed by atoms with van der Waals surface area (Å²) < 4.78 is 25.6. The first-order valence-corrected chi connectivity index (χ1v) is 6.64. The Morgan fingerprint density at radius 1 is 1.33 bits per heavy atom. The molecular weight excluding hydrogens is 275 g/mol. The molecule has 0 amide bonds. The van der Waals surface area contributed by atoms with Crippen molar-refractivity contribution < 1.29 is 13.9 Å². The number of nitrogens with zero attached hydrogens (tertiary/aromatic N) is 3. The Labute approximate surface area is 122 Å². The normalized spacial score (nSPS) is 10.8. The van der Waals surface area contributed by atoms with Crippen molar-refractivity contribution in [1.82, 2.24) is 20.3 Å². The molecule has 1 N–H and O–H groups in total. The van der Waals surface area contributed by atoms with Gasteiger partial charge in [0.25, 0.3) is 0 Å². The molecule has 21 heavy (non-hydrogen) atoms. The van der Waals surface area contributed by atoms with Gasteiger partial charge in [-0.05, 0) is 17.7 Å². The number of benzene rings is 1. The summed E-state index contributed by atoms with van der Waals surface area (Å²) in [7, 11) is 3.42. The summed E-state index contributed by atoms with van der Waals surface area (Å²) in [4.78, 5) is 0. The summed E-state index contributed by atoms with van der Waals surface area (Å²) in [5, 5.41) is 10.9. The third-order valence-corrected chi connectivity index (χ3v) is 2.78. The number of halogens is 1. The lowest BCUT2D eigenvalue weighted by atomic mass is 10.2. The van der Waals surface area contributed by atoms with E-state index in [1.54, 1.807) is 31.1 Å². The van der Waals surface area contributed by atoms with Crippen LogP contribution in [0.25, 0.3) is 0 Å². The Bertz CT molecular complexity index is 574. The number of aromatic nitrogens is 3. The van der Waals surface area contributed by atoms with Gasteiger partial charge in [-0.2, -0.15) is 0 Å². The molecule has 0 saturated heterocycles. The first kappa shape index (κ1) is 15.4. The molecule has 1 aromatic carbocycles. The van der Waals surface area contributed by atoms with Crippen LogP contribution in [-0.4, -0.2) is 35.3 Å². The van der Waals surface area contributed by atoms with Gasteiger partial charge in [-0.25, -0.2) is 4.39 Å². The predicted octanol–water partition coefficient (Wildman–Crippen LogP) is 1.27. The molecule has 0 saturated carbocycles. The molecule has 6 nitrogen and oxygen atoms in total. The number of aryl methyl sites for hydroxylation is 1. The van der Waals surface area contributed by atoms with E-state index in [2.05, 4.69) is 15.6 Å². The van der Waals surface area contributed by atoms with Crippen molar-refractivity contribution in [2.24, 2.45) is 7.05 Å². The van der Waals surface area contributed by atoms with E-state index in [1.807, 2.05) is 0 Å². The van der Waals surface area contributed by atoms with Crippen LogP contribution in [0.2, 0.25) is 0 Å². The maximum absolute atomic E-state index is 13.6. The molecule has 1 heterocycles. The van der Waals surface area contributed by atoms with Crippen LogP contribution in [0.4, 0.5) is 4.39 Å². The zero-order valence-corrected chi connectivity index (χ0v) is 12.2. The molecule has 0 radical (unpaired) electrons. The lowest BCUT2D eigenvalue weighted by molar-refractivity contribution is 0.199. The smallest absolute Gasteiger partial charge is 0.134 e. The van der Waals surface area contributed by atoms with Crippen LogP contribution < -0.4 is 10.1 Å². The molecule has 2 rings (SSSR count). The molecule has 114 valence electrons. The number of hydrogen-bond acceptors (Lipinski definition) is 5. The van der Waals surface area contributed by atoms with Gasteiger partial charge < -0.3 is 14.8 Å². The Balaban J connectivity index is 1.91. The second kappa shape index (κ2) is 7.70. The first-order valence-electron chi connectivity index (χ1n) is 6.64. The van der Waals surface area contributed by atoms with Gasteiger partial charge in [0.05, 0.1) is 12.8 Å². The fourth-order valence-electron chi connectivity index (χ4n) is 1.83. The minimum atomic E-state index is -0.324. The molecule has 0 spiro atoms. The quantitative estimate of drug-likeness (QED) is 0.743. The summed E-state index contributed by atoms with van der Waals surface area (Å²) in [5.41, 5.74) is 1.52. The van der Waals surface area contributed by atoms with E-state index < -0.39 is 0 Å². The molecule has 0 unspecified atom stereocenters. The highest BCUT2D eigenvalue weighted by molar-refractivity contribution is 5.29. The average Bonchev–Trinajstić information content (AvgIpc) is 2.87. The van der Waals surface area contributed by atoms with E-state index in [0.717, 1.165) is 5.56 Å². The fourth-order valence-corrected chi connectivity index (χ4v) is 1.83. The third-order valence-electron chi connectivity index (χ3n) is 2.78. The summed E-state index contributed by atoms with van der Waals surface area (Å²) in [6, 6.07) is 4.64. The Hall–Kier alpha value is -1.99. The van der Waals surface area contributed by atoms with E-state index in [0.29, 0.717) is 31.1 Å². The van der Waals surface area contributed by atoms with Crippen LogP contribution in [0.1, 0.15) is 11.3 Å². The van der Waals surface area contributed by atoms with Gasteiger partial charge in [-0.3, -0.25) is 4.68 Å². The van der Waals surface area contributed by atoms with Crippen molar-refractivity contribution in [1.29, 1.82) is 0 Å². The van der Waals surface area contributed by atoms with E-state index in [9.17, 15) is 4.39 Å². The number of nitrogens with one attached hydrogen (secondary N) is 1. The predicted molar refractivity (Wildman–Crippen MR) is 75.3 cm³/mol. The van der Waals surface area contributed by atoms with Crippen molar-refractivity contribution in [3.05, 3.63) is 41.5 Å². The van der Waals surface area contributed by atoms with Gasteiger partial charge in [-0.1, -0.05) is 5.21 Å². The Morgan fingerprint density at radius 3 is 2.90 bits per heavy atom. The summed E-state index contributed by atoms with van der Waals surface area (Å²) >= 11 is 0. The highest BCUT2D eigenvalue weighted by Crippen LogP contribution is 2.17. The minimum Gasteiger partial charge on any atom is -0.487 e. The van der Waals surface area contributed by atoms with E-state index in [4.69, 9.17) is 9.47 Å². The summed E-state index contributed by atoms with van der Waals surface area (Å²) in [6.07, 6.45) is 1.76. The third kappa shape index (κ3) is 5.13. The van der Waals surface area contributed by atoms with Crippen LogP contribution in [0.5, 0.6) is 5.75 Å². The van der Waals surface area contributed by atoms with E-state index in [-0.39, 0.29) is 12.4 Å². The van der Waals surface area contributed by atoms with Gasteiger partial charge in [0.1, 0.15) is 23.9 Å². The zero-order chi connectivity index (χ0) is 15.1. The highest BCUT2D eigenvalue weighted by atomic mass is 19.1. The van der Waals surface area contributed by atoms with Gasteiger partial charge in [-0.15, -0.1) is 5.10 Å². The van der Waals surface area contributed by atoms with Crippen LogP contribution >= 0.6 is 0 Å². The Kier molecular flexibility index (Phi) is 5.65. The molecule has 0 fully saturated rings. The molecule has 0 aliphatic carbocycles. The highest BCUT2D eigenvalue weighted by Gasteiger charge is 2.04. The molecule has 0 aliphatic rings. The lowest BCUT2D eigenvalue weighted by Gasteiger charge is -2.08. The van der Waals surface area contributed by atoms with Crippen molar-refractivity contribution in [2.45, 2.75) is 13.2 Å². The molecular formula is C14H19FN4O2. The maximum atomic E-state index is 13.6. The zero-order valence-electron chi connectivity index (χ0n) is 12.2. The minimum absolute atomic E-state index is 0.258. The molecule has 7 heteroatoms. The molecule has 0 bridgehead atoms. The van der Waals surface area contributed by atoms with Gasteiger partial charge in [0.15, 0.2) is 0 Å². The average molecular weight is 294 g/mol. The topological polar surface area (TPSA) is 61.2 Å². The summed E-state index contributed by atoms with van der Waals surface area (Å²) in [5.74, 6) is 0.152. The second-order valence-electron chi connectivity index (χ2n) is 4.64.